The Balaban J connectivity index is 3.26. The van der Waals surface area contributed by atoms with E-state index in [-0.39, 0.29) is 0 Å². The Morgan fingerprint density at radius 1 is 1.12 bits per heavy atom. The number of aryl methyl sites for hydroxylation is 3. The molecule has 0 saturated heterocycles. The fourth-order valence-electron chi connectivity index (χ4n) is 2.22. The average molecular weight is 255 g/mol. The Morgan fingerprint density at radius 2 is 1.53 bits per heavy atom. The van der Waals surface area contributed by atoms with Crippen LogP contribution in [0.5, 0.6) is 0 Å². The van der Waals surface area contributed by atoms with Gasteiger partial charge < -0.3 is 5.73 Å². The van der Waals surface area contributed by atoms with Gasteiger partial charge in [0.15, 0.2) is 9.84 Å². The topological polar surface area (TPSA) is 60.2 Å². The summed E-state index contributed by atoms with van der Waals surface area (Å²) in [4.78, 5) is 0. The monoisotopic (exact) mass is 255 g/mol. The van der Waals surface area contributed by atoms with Crippen LogP contribution in [0, 0.1) is 20.8 Å². The van der Waals surface area contributed by atoms with E-state index < -0.39 is 21.1 Å². The molecule has 1 aromatic carbocycles. The highest BCUT2D eigenvalue weighted by atomic mass is 32.2. The summed E-state index contributed by atoms with van der Waals surface area (Å²) in [5, 5.41) is -0.567. The van der Waals surface area contributed by atoms with E-state index >= 15 is 0 Å². The van der Waals surface area contributed by atoms with E-state index in [0.717, 1.165) is 16.7 Å². The zero-order valence-corrected chi connectivity index (χ0v) is 11.9. The molecule has 0 saturated carbocycles. The number of sulfone groups is 1. The van der Waals surface area contributed by atoms with Gasteiger partial charge >= 0.3 is 0 Å². The lowest BCUT2D eigenvalue weighted by atomic mass is 9.93. The van der Waals surface area contributed by atoms with E-state index in [2.05, 4.69) is 0 Å². The zero-order valence-electron chi connectivity index (χ0n) is 11.1. The summed E-state index contributed by atoms with van der Waals surface area (Å²) >= 11 is 0. The van der Waals surface area contributed by atoms with Crippen molar-refractivity contribution in [3.63, 3.8) is 0 Å². The molecule has 0 spiro atoms. The second-order valence-electron chi connectivity index (χ2n) is 4.87. The highest BCUT2D eigenvalue weighted by Crippen LogP contribution is 2.26. The summed E-state index contributed by atoms with van der Waals surface area (Å²) in [6.45, 7) is 7.64. The van der Waals surface area contributed by atoms with Crippen molar-refractivity contribution in [2.75, 3.05) is 6.26 Å². The molecule has 1 aromatic rings. The summed E-state index contributed by atoms with van der Waals surface area (Å²) in [5.41, 5.74) is 10.3. The maximum absolute atomic E-state index is 11.6. The predicted molar refractivity (Wildman–Crippen MR) is 71.9 cm³/mol. The van der Waals surface area contributed by atoms with Crippen LogP contribution in [0.15, 0.2) is 12.1 Å². The number of hydrogen-bond donors (Lipinski definition) is 1. The van der Waals surface area contributed by atoms with Crippen LogP contribution in [0.25, 0.3) is 0 Å². The Kier molecular flexibility index (Phi) is 3.99. The molecule has 0 aromatic heterocycles. The van der Waals surface area contributed by atoms with Gasteiger partial charge in [-0.15, -0.1) is 0 Å². The van der Waals surface area contributed by atoms with E-state index in [1.54, 1.807) is 6.92 Å². The van der Waals surface area contributed by atoms with E-state index in [1.807, 2.05) is 32.9 Å². The third-order valence-corrected chi connectivity index (χ3v) is 4.90. The number of hydrogen-bond acceptors (Lipinski definition) is 3. The molecule has 0 aliphatic rings. The van der Waals surface area contributed by atoms with Gasteiger partial charge in [0.25, 0.3) is 0 Å². The third-order valence-electron chi connectivity index (χ3n) is 3.25. The minimum atomic E-state index is -3.12. The molecule has 2 unspecified atom stereocenters. The number of benzene rings is 1. The highest BCUT2D eigenvalue weighted by molar-refractivity contribution is 7.91. The van der Waals surface area contributed by atoms with Gasteiger partial charge in [0, 0.05) is 12.3 Å². The van der Waals surface area contributed by atoms with E-state index in [1.165, 1.54) is 11.8 Å². The second kappa shape index (κ2) is 4.78. The summed E-state index contributed by atoms with van der Waals surface area (Å²) in [7, 11) is -3.12. The minimum Gasteiger partial charge on any atom is -0.323 e. The SMILES string of the molecule is Cc1cc(C)c(C(N)C(C)S(C)(=O)=O)c(C)c1. The fourth-order valence-corrected chi connectivity index (χ4v) is 2.89. The molecule has 0 heterocycles. The van der Waals surface area contributed by atoms with Crippen LogP contribution in [-0.2, 0) is 9.84 Å². The summed E-state index contributed by atoms with van der Waals surface area (Å²) in [5.74, 6) is 0. The van der Waals surface area contributed by atoms with Crippen LogP contribution in [0.3, 0.4) is 0 Å². The van der Waals surface area contributed by atoms with Gasteiger partial charge in [-0.05, 0) is 44.4 Å². The van der Waals surface area contributed by atoms with Crippen LogP contribution in [0.2, 0.25) is 0 Å². The fraction of sp³-hybridized carbons (Fsp3) is 0.538. The van der Waals surface area contributed by atoms with Crippen LogP contribution in [-0.4, -0.2) is 19.9 Å². The molecule has 0 fully saturated rings. The highest BCUT2D eigenvalue weighted by Gasteiger charge is 2.26. The smallest absolute Gasteiger partial charge is 0.151 e. The van der Waals surface area contributed by atoms with Gasteiger partial charge in [0.05, 0.1) is 5.25 Å². The van der Waals surface area contributed by atoms with E-state index in [4.69, 9.17) is 5.73 Å². The summed E-state index contributed by atoms with van der Waals surface area (Å²) in [6.07, 6.45) is 1.23. The summed E-state index contributed by atoms with van der Waals surface area (Å²) < 4.78 is 23.1. The van der Waals surface area contributed by atoms with Crippen molar-refractivity contribution in [2.24, 2.45) is 5.73 Å². The lowest BCUT2D eigenvalue weighted by Gasteiger charge is -2.23. The van der Waals surface area contributed by atoms with Crippen LogP contribution >= 0.6 is 0 Å². The van der Waals surface area contributed by atoms with Crippen LogP contribution in [0.4, 0.5) is 0 Å². The zero-order chi connectivity index (χ0) is 13.4. The van der Waals surface area contributed by atoms with E-state index in [0.29, 0.717) is 0 Å². The lowest BCUT2D eigenvalue weighted by Crippen LogP contribution is -2.31. The van der Waals surface area contributed by atoms with Crippen LogP contribution < -0.4 is 5.73 Å². The molecule has 1 rings (SSSR count). The molecule has 0 bridgehead atoms. The van der Waals surface area contributed by atoms with Crippen molar-refractivity contribution < 1.29 is 8.42 Å². The second-order valence-corrected chi connectivity index (χ2v) is 7.28. The Labute approximate surface area is 104 Å². The summed E-state index contributed by atoms with van der Waals surface area (Å²) in [6, 6.07) is 3.61. The molecule has 0 radical (unpaired) electrons. The molecule has 2 atom stereocenters. The molecular weight excluding hydrogens is 234 g/mol. The first kappa shape index (κ1) is 14.2. The largest absolute Gasteiger partial charge is 0.323 e. The molecular formula is C13H21NO2S. The Morgan fingerprint density at radius 3 is 1.88 bits per heavy atom. The number of rotatable bonds is 3. The Hall–Kier alpha value is -0.870. The quantitative estimate of drug-likeness (QED) is 0.899. The minimum absolute atomic E-state index is 0.467. The predicted octanol–water partition coefficient (Wildman–Crippen LogP) is 2.04. The van der Waals surface area contributed by atoms with Gasteiger partial charge in [-0.1, -0.05) is 17.7 Å². The Bertz CT molecular complexity index is 497. The molecule has 0 aliphatic heterocycles. The lowest BCUT2D eigenvalue weighted by molar-refractivity contribution is 0.569. The van der Waals surface area contributed by atoms with Crippen molar-refractivity contribution in [2.45, 2.75) is 39.0 Å². The average Bonchev–Trinajstić information content (AvgIpc) is 2.13. The number of nitrogens with two attached hydrogens (primary N) is 1. The van der Waals surface area contributed by atoms with Gasteiger partial charge in [-0.3, -0.25) is 0 Å². The van der Waals surface area contributed by atoms with Crippen molar-refractivity contribution in [3.05, 3.63) is 34.4 Å². The van der Waals surface area contributed by atoms with Crippen molar-refractivity contribution in [1.82, 2.24) is 0 Å². The molecule has 0 amide bonds. The molecule has 2 N–H and O–H groups in total. The van der Waals surface area contributed by atoms with Gasteiger partial charge in [0.1, 0.15) is 0 Å². The first-order valence-corrected chi connectivity index (χ1v) is 7.62. The van der Waals surface area contributed by atoms with Gasteiger partial charge in [-0.2, -0.15) is 0 Å². The molecule has 0 aliphatic carbocycles. The van der Waals surface area contributed by atoms with Crippen molar-refractivity contribution in [3.8, 4) is 0 Å². The molecule has 4 heteroatoms. The van der Waals surface area contributed by atoms with Crippen molar-refractivity contribution >= 4 is 9.84 Å². The normalized spacial score (nSPS) is 15.6. The molecule has 3 nitrogen and oxygen atoms in total. The van der Waals surface area contributed by atoms with Crippen LogP contribution in [0.1, 0.15) is 35.2 Å². The molecule has 96 valence electrons. The first-order chi connectivity index (χ1) is 7.64. The van der Waals surface area contributed by atoms with Gasteiger partial charge in [0.2, 0.25) is 0 Å². The standard InChI is InChI=1S/C13H21NO2S/c1-8-6-9(2)12(10(3)7-8)13(14)11(4)17(5,15)16/h6-7,11,13H,14H2,1-5H3. The van der Waals surface area contributed by atoms with Gasteiger partial charge in [-0.25, -0.2) is 8.42 Å². The van der Waals surface area contributed by atoms with E-state index in [9.17, 15) is 8.42 Å². The maximum Gasteiger partial charge on any atom is 0.151 e. The first-order valence-electron chi connectivity index (χ1n) is 5.66. The maximum atomic E-state index is 11.6. The molecule has 17 heavy (non-hydrogen) atoms. The van der Waals surface area contributed by atoms with Crippen molar-refractivity contribution in [1.29, 1.82) is 0 Å². The third kappa shape index (κ3) is 3.07.